The second-order valence-corrected chi connectivity index (χ2v) is 6.05. The van der Waals surface area contributed by atoms with Gasteiger partial charge >= 0.3 is 6.18 Å². The van der Waals surface area contributed by atoms with Crippen molar-refractivity contribution in [3.05, 3.63) is 0 Å². The van der Waals surface area contributed by atoms with Crippen molar-refractivity contribution >= 4 is 35.8 Å². The summed E-state index contributed by atoms with van der Waals surface area (Å²) in [5.74, 6) is -0.306. The second kappa shape index (κ2) is 14.2. The fourth-order valence-corrected chi connectivity index (χ4v) is 2.34. The van der Waals surface area contributed by atoms with Crippen molar-refractivity contribution in [2.24, 2.45) is 4.99 Å². The molecule has 1 saturated heterocycles. The largest absolute Gasteiger partial charge is 0.406 e. The lowest BCUT2D eigenvalue weighted by Gasteiger charge is -2.18. The third-order valence-corrected chi connectivity index (χ3v) is 3.64. The van der Waals surface area contributed by atoms with E-state index in [1.54, 1.807) is 0 Å². The molecule has 0 saturated carbocycles. The van der Waals surface area contributed by atoms with Gasteiger partial charge in [0, 0.05) is 33.4 Å². The lowest BCUT2D eigenvalue weighted by atomic mass is 10.2. The first kappa shape index (κ1) is 26.2. The predicted octanol–water partition coefficient (Wildman–Crippen LogP) is 1.77. The molecule has 1 aliphatic rings. The van der Waals surface area contributed by atoms with Crippen molar-refractivity contribution in [2.75, 3.05) is 53.0 Å². The summed E-state index contributed by atoms with van der Waals surface area (Å²) in [6.07, 6.45) is -1.37. The van der Waals surface area contributed by atoms with Crippen LogP contribution in [-0.4, -0.2) is 82.1 Å². The lowest BCUT2D eigenvalue weighted by molar-refractivity contribution is -0.157. The number of nitrogens with zero attached hydrogens (tertiary/aromatic N) is 2. The van der Waals surface area contributed by atoms with Crippen LogP contribution in [0.4, 0.5) is 13.2 Å². The minimum absolute atomic E-state index is 0. The zero-order chi connectivity index (χ0) is 19.4. The maximum Gasteiger partial charge on any atom is 0.406 e. The summed E-state index contributed by atoms with van der Waals surface area (Å²) < 4.78 is 47.8. The van der Waals surface area contributed by atoms with E-state index in [0.29, 0.717) is 37.2 Å². The number of hydrogen-bond donors (Lipinski definition) is 2. The molecule has 1 amide bonds. The molecule has 1 fully saturated rings. The quantitative estimate of drug-likeness (QED) is 0.203. The minimum atomic E-state index is -4.42. The van der Waals surface area contributed by atoms with Crippen LogP contribution in [0.1, 0.15) is 26.2 Å². The first-order valence-electron chi connectivity index (χ1n) is 8.84. The molecule has 1 atom stereocenters. The Labute approximate surface area is 175 Å². The molecule has 1 rings (SSSR count). The Hall–Kier alpha value is -0.820. The van der Waals surface area contributed by atoms with E-state index in [1.165, 1.54) is 0 Å². The van der Waals surface area contributed by atoms with Gasteiger partial charge in [-0.15, -0.1) is 24.0 Å². The van der Waals surface area contributed by atoms with E-state index in [0.717, 1.165) is 32.9 Å². The number of hydrogen-bond acceptors (Lipinski definition) is 4. The van der Waals surface area contributed by atoms with Gasteiger partial charge < -0.3 is 25.0 Å². The second-order valence-electron chi connectivity index (χ2n) is 6.05. The summed E-state index contributed by atoms with van der Waals surface area (Å²) in [5.41, 5.74) is 0. The van der Waals surface area contributed by atoms with Crippen LogP contribution < -0.4 is 10.6 Å². The number of likely N-dealkylation sites (N-methyl/N-ethyl adjacent to an activating group) is 1. The highest BCUT2D eigenvalue weighted by molar-refractivity contribution is 14.0. The number of carbonyl (C=O) groups excluding carboxylic acids is 1. The van der Waals surface area contributed by atoms with Gasteiger partial charge in [-0.05, 0) is 26.2 Å². The molecule has 0 spiro atoms. The van der Waals surface area contributed by atoms with Gasteiger partial charge in [0.25, 0.3) is 0 Å². The molecular weight excluding hydrogens is 480 g/mol. The van der Waals surface area contributed by atoms with E-state index in [9.17, 15) is 18.0 Å². The van der Waals surface area contributed by atoms with Gasteiger partial charge in [-0.3, -0.25) is 4.79 Å². The summed E-state index contributed by atoms with van der Waals surface area (Å²) in [7, 11) is 1.11. The molecule has 1 unspecified atom stereocenters. The molecule has 0 radical (unpaired) electrons. The number of amides is 1. The van der Waals surface area contributed by atoms with Gasteiger partial charge in [0.15, 0.2) is 5.96 Å². The highest BCUT2D eigenvalue weighted by Gasteiger charge is 2.31. The van der Waals surface area contributed by atoms with E-state index in [-0.39, 0.29) is 36.6 Å². The maximum atomic E-state index is 12.3. The molecule has 2 N–H and O–H groups in total. The van der Waals surface area contributed by atoms with Crippen LogP contribution in [0.5, 0.6) is 0 Å². The van der Waals surface area contributed by atoms with E-state index in [1.807, 2.05) is 6.92 Å². The van der Waals surface area contributed by atoms with E-state index in [2.05, 4.69) is 15.6 Å². The number of aliphatic imine (C=N–C) groups is 1. The molecule has 0 bridgehead atoms. The molecule has 0 aromatic heterocycles. The zero-order valence-electron chi connectivity index (χ0n) is 15.8. The van der Waals surface area contributed by atoms with Crippen LogP contribution in [0.15, 0.2) is 4.99 Å². The Morgan fingerprint density at radius 2 is 2.11 bits per heavy atom. The third kappa shape index (κ3) is 13.1. The van der Waals surface area contributed by atoms with Gasteiger partial charge in [-0.2, -0.15) is 13.2 Å². The Balaban J connectivity index is 0.00000676. The van der Waals surface area contributed by atoms with Crippen molar-refractivity contribution in [3.63, 3.8) is 0 Å². The average Bonchev–Trinajstić information content (AvgIpc) is 3.07. The zero-order valence-corrected chi connectivity index (χ0v) is 18.1. The normalized spacial score (nSPS) is 17.4. The summed E-state index contributed by atoms with van der Waals surface area (Å²) in [6, 6.07) is 0. The standard InChI is InChI=1S/C16H29F3N4O3.HI/c1-3-20-15(22-10-14(24)23(2)12-16(17,18)19)21-7-5-8-25-11-13-6-4-9-26-13;/h13H,3-12H2,1-2H3,(H2,20,21,22);1H. The molecule has 0 aromatic carbocycles. The molecule has 1 heterocycles. The monoisotopic (exact) mass is 510 g/mol. The highest BCUT2D eigenvalue weighted by Crippen LogP contribution is 2.15. The van der Waals surface area contributed by atoms with Crippen molar-refractivity contribution in [1.29, 1.82) is 0 Å². The fraction of sp³-hybridized carbons (Fsp3) is 0.875. The van der Waals surface area contributed by atoms with Crippen LogP contribution >= 0.6 is 24.0 Å². The van der Waals surface area contributed by atoms with Gasteiger partial charge in [-0.25, -0.2) is 4.99 Å². The Kier molecular flexibility index (Phi) is 13.8. The van der Waals surface area contributed by atoms with Crippen molar-refractivity contribution in [1.82, 2.24) is 15.5 Å². The summed E-state index contributed by atoms with van der Waals surface area (Å²) in [4.78, 5) is 16.3. The molecular formula is C16H30F3IN4O3. The number of nitrogens with one attached hydrogen (secondary N) is 2. The van der Waals surface area contributed by atoms with E-state index in [4.69, 9.17) is 9.47 Å². The molecule has 1 aliphatic heterocycles. The van der Waals surface area contributed by atoms with Gasteiger partial charge in [0.1, 0.15) is 13.1 Å². The van der Waals surface area contributed by atoms with Gasteiger partial charge in [0.2, 0.25) is 5.91 Å². The van der Waals surface area contributed by atoms with Gasteiger partial charge in [0.05, 0.1) is 12.7 Å². The number of rotatable bonds is 10. The number of ether oxygens (including phenoxy) is 2. The Morgan fingerprint density at radius 3 is 2.70 bits per heavy atom. The topological polar surface area (TPSA) is 75.2 Å². The number of carbonyl (C=O) groups is 1. The molecule has 27 heavy (non-hydrogen) atoms. The average molecular weight is 510 g/mol. The minimum Gasteiger partial charge on any atom is -0.379 e. The van der Waals surface area contributed by atoms with Crippen LogP contribution in [0, 0.1) is 0 Å². The number of guanidine groups is 1. The predicted molar refractivity (Wildman–Crippen MR) is 107 cm³/mol. The third-order valence-electron chi connectivity index (χ3n) is 3.64. The fourth-order valence-electron chi connectivity index (χ4n) is 2.34. The lowest BCUT2D eigenvalue weighted by Crippen LogP contribution is -2.40. The number of alkyl halides is 3. The van der Waals surface area contributed by atoms with Gasteiger partial charge in [-0.1, -0.05) is 0 Å². The van der Waals surface area contributed by atoms with Crippen molar-refractivity contribution < 1.29 is 27.4 Å². The molecule has 11 heteroatoms. The Bertz CT molecular complexity index is 447. The summed E-state index contributed by atoms with van der Waals surface area (Å²) in [6.45, 7) is 3.34. The van der Waals surface area contributed by atoms with Crippen LogP contribution in [-0.2, 0) is 14.3 Å². The summed E-state index contributed by atoms with van der Waals surface area (Å²) >= 11 is 0. The van der Waals surface area contributed by atoms with Crippen LogP contribution in [0.3, 0.4) is 0 Å². The smallest absolute Gasteiger partial charge is 0.379 e. The first-order valence-corrected chi connectivity index (χ1v) is 8.84. The molecule has 160 valence electrons. The van der Waals surface area contributed by atoms with Crippen molar-refractivity contribution in [2.45, 2.75) is 38.5 Å². The van der Waals surface area contributed by atoms with Crippen molar-refractivity contribution in [3.8, 4) is 0 Å². The van der Waals surface area contributed by atoms with Crippen LogP contribution in [0.2, 0.25) is 0 Å². The van der Waals surface area contributed by atoms with Crippen LogP contribution in [0.25, 0.3) is 0 Å². The maximum absolute atomic E-state index is 12.3. The molecule has 0 aliphatic carbocycles. The van der Waals surface area contributed by atoms with E-state index < -0.39 is 18.6 Å². The molecule has 7 nitrogen and oxygen atoms in total. The van der Waals surface area contributed by atoms with E-state index >= 15 is 0 Å². The summed E-state index contributed by atoms with van der Waals surface area (Å²) in [5, 5.41) is 5.97. The Morgan fingerprint density at radius 1 is 1.37 bits per heavy atom. The molecule has 0 aromatic rings. The highest BCUT2D eigenvalue weighted by atomic mass is 127. The number of halogens is 4. The first-order chi connectivity index (χ1) is 12.3. The SMILES string of the molecule is CCNC(=NCC(=O)N(C)CC(F)(F)F)NCCCOCC1CCCO1.I.